The van der Waals surface area contributed by atoms with E-state index in [1.165, 1.54) is 0 Å². The van der Waals surface area contributed by atoms with Crippen molar-refractivity contribution in [1.29, 1.82) is 0 Å². The van der Waals surface area contributed by atoms with Gasteiger partial charge < -0.3 is 15.0 Å². The van der Waals surface area contributed by atoms with Crippen molar-refractivity contribution in [3.8, 4) is 0 Å². The third kappa shape index (κ3) is 5.53. The molecule has 1 atom stereocenters. The van der Waals surface area contributed by atoms with Crippen molar-refractivity contribution >= 4 is 27.9 Å². The van der Waals surface area contributed by atoms with E-state index in [2.05, 4.69) is 37.7 Å². The standard InChI is InChI=1S/C14H24BrN3O2/c1-10(15)8-17-13(16-5)18-7-6-11(9-18)12(19)20-14(2,3)4/h11H,1,6-9H2,2-5H3,(H,16,17). The molecule has 5 nitrogen and oxygen atoms in total. The van der Waals surface area contributed by atoms with E-state index in [9.17, 15) is 4.79 Å². The highest BCUT2D eigenvalue weighted by molar-refractivity contribution is 9.11. The Morgan fingerprint density at radius 1 is 1.55 bits per heavy atom. The maximum Gasteiger partial charge on any atom is 0.311 e. The van der Waals surface area contributed by atoms with Crippen LogP contribution in [0.5, 0.6) is 0 Å². The zero-order valence-corrected chi connectivity index (χ0v) is 14.3. The maximum absolute atomic E-state index is 12.1. The molecule has 0 spiro atoms. The fourth-order valence-electron chi connectivity index (χ4n) is 2.04. The quantitative estimate of drug-likeness (QED) is 0.483. The molecule has 0 saturated carbocycles. The van der Waals surface area contributed by atoms with Crippen molar-refractivity contribution in [3.05, 3.63) is 11.1 Å². The third-order valence-corrected chi connectivity index (χ3v) is 3.16. The summed E-state index contributed by atoms with van der Waals surface area (Å²) in [7, 11) is 1.74. The highest BCUT2D eigenvalue weighted by Crippen LogP contribution is 2.20. The van der Waals surface area contributed by atoms with Gasteiger partial charge in [0, 0.05) is 31.2 Å². The fourth-order valence-corrected chi connectivity index (χ4v) is 2.18. The van der Waals surface area contributed by atoms with E-state index >= 15 is 0 Å². The predicted molar refractivity (Wildman–Crippen MR) is 85.0 cm³/mol. The van der Waals surface area contributed by atoms with Crippen molar-refractivity contribution in [3.63, 3.8) is 0 Å². The molecule has 20 heavy (non-hydrogen) atoms. The van der Waals surface area contributed by atoms with Crippen LogP contribution in [-0.4, -0.2) is 49.1 Å². The molecule has 6 heteroatoms. The summed E-state index contributed by atoms with van der Waals surface area (Å²) in [4.78, 5) is 18.4. The molecule has 0 aromatic carbocycles. The number of esters is 1. The Labute approximate surface area is 129 Å². The summed E-state index contributed by atoms with van der Waals surface area (Å²) >= 11 is 3.30. The Hall–Kier alpha value is -1.04. The molecule has 1 rings (SSSR count). The van der Waals surface area contributed by atoms with Crippen LogP contribution in [0.25, 0.3) is 0 Å². The topological polar surface area (TPSA) is 53.9 Å². The van der Waals surface area contributed by atoms with Gasteiger partial charge in [0.05, 0.1) is 5.92 Å². The van der Waals surface area contributed by atoms with Crippen molar-refractivity contribution in [2.24, 2.45) is 10.9 Å². The lowest BCUT2D eigenvalue weighted by Crippen LogP contribution is -2.41. The number of nitrogens with zero attached hydrogens (tertiary/aromatic N) is 2. The fraction of sp³-hybridized carbons (Fsp3) is 0.714. The number of rotatable bonds is 3. The molecule has 1 aliphatic heterocycles. The summed E-state index contributed by atoms with van der Waals surface area (Å²) in [6.45, 7) is 11.5. The zero-order valence-electron chi connectivity index (χ0n) is 12.7. The smallest absolute Gasteiger partial charge is 0.311 e. The molecule has 0 aromatic rings. The van der Waals surface area contributed by atoms with Gasteiger partial charge in [0.25, 0.3) is 0 Å². The molecule has 1 unspecified atom stereocenters. The lowest BCUT2D eigenvalue weighted by atomic mass is 10.1. The minimum Gasteiger partial charge on any atom is -0.460 e. The van der Waals surface area contributed by atoms with Crippen molar-refractivity contribution in [2.75, 3.05) is 26.7 Å². The Morgan fingerprint density at radius 3 is 2.70 bits per heavy atom. The summed E-state index contributed by atoms with van der Waals surface area (Å²) in [5.41, 5.74) is -0.432. The third-order valence-electron chi connectivity index (χ3n) is 2.88. The first-order valence-electron chi connectivity index (χ1n) is 6.74. The molecule has 0 bridgehead atoms. The van der Waals surface area contributed by atoms with E-state index in [0.717, 1.165) is 23.4 Å². The van der Waals surface area contributed by atoms with Crippen LogP contribution in [0.1, 0.15) is 27.2 Å². The lowest BCUT2D eigenvalue weighted by Gasteiger charge is -2.23. The number of hydrogen-bond donors (Lipinski definition) is 1. The van der Waals surface area contributed by atoms with E-state index in [0.29, 0.717) is 13.1 Å². The Kier molecular flexibility index (Phi) is 6.05. The van der Waals surface area contributed by atoms with Crippen LogP contribution in [0.15, 0.2) is 16.1 Å². The first-order valence-corrected chi connectivity index (χ1v) is 7.54. The summed E-state index contributed by atoms with van der Waals surface area (Å²) in [6.07, 6.45) is 0.797. The number of ether oxygens (including phenoxy) is 1. The number of likely N-dealkylation sites (tertiary alicyclic amines) is 1. The number of guanidine groups is 1. The normalized spacial score (nSPS) is 19.9. The van der Waals surface area contributed by atoms with Gasteiger partial charge in [-0.25, -0.2) is 0 Å². The molecule has 0 aliphatic carbocycles. The van der Waals surface area contributed by atoms with Gasteiger partial charge in [-0.3, -0.25) is 9.79 Å². The predicted octanol–water partition coefficient (Wildman–Crippen LogP) is 2.13. The monoisotopic (exact) mass is 345 g/mol. The van der Waals surface area contributed by atoms with Crippen molar-refractivity contribution in [2.45, 2.75) is 32.8 Å². The average molecular weight is 346 g/mol. The van der Waals surface area contributed by atoms with Crippen LogP contribution in [0.4, 0.5) is 0 Å². The molecule has 1 N–H and O–H groups in total. The van der Waals surface area contributed by atoms with Crippen LogP contribution in [0.3, 0.4) is 0 Å². The highest BCUT2D eigenvalue weighted by atomic mass is 79.9. The summed E-state index contributed by atoms with van der Waals surface area (Å²) in [5.74, 6) is 0.581. The number of halogens is 1. The van der Waals surface area contributed by atoms with E-state index in [1.807, 2.05) is 20.8 Å². The van der Waals surface area contributed by atoms with Gasteiger partial charge in [0.15, 0.2) is 5.96 Å². The largest absolute Gasteiger partial charge is 0.460 e. The summed E-state index contributed by atoms with van der Waals surface area (Å²) < 4.78 is 6.30. The Balaban J connectivity index is 2.53. The average Bonchev–Trinajstić information content (AvgIpc) is 2.76. The molecular weight excluding hydrogens is 322 g/mol. The molecule has 0 amide bonds. The van der Waals surface area contributed by atoms with E-state index < -0.39 is 5.60 Å². The number of carbonyl (C=O) groups is 1. The van der Waals surface area contributed by atoms with Gasteiger partial charge in [-0.2, -0.15) is 0 Å². The zero-order chi connectivity index (χ0) is 15.3. The Bertz CT molecular complexity index is 402. The van der Waals surface area contributed by atoms with Gasteiger partial charge in [-0.05, 0) is 27.2 Å². The van der Waals surface area contributed by atoms with Crippen LogP contribution in [-0.2, 0) is 9.53 Å². The molecule has 114 valence electrons. The SMILES string of the molecule is C=C(Br)CNC(=NC)N1CCC(C(=O)OC(C)(C)C)C1. The first-order chi connectivity index (χ1) is 9.23. The minimum atomic E-state index is -0.432. The number of aliphatic imine (C=N–C) groups is 1. The second-order valence-corrected chi connectivity index (χ2v) is 7.00. The molecule has 1 saturated heterocycles. The van der Waals surface area contributed by atoms with Crippen molar-refractivity contribution < 1.29 is 9.53 Å². The summed E-state index contributed by atoms with van der Waals surface area (Å²) in [5, 5.41) is 3.20. The molecule has 1 heterocycles. The molecule has 1 fully saturated rings. The van der Waals surface area contributed by atoms with Gasteiger partial charge in [-0.1, -0.05) is 22.5 Å². The molecular formula is C14H24BrN3O2. The Morgan fingerprint density at radius 2 is 2.20 bits per heavy atom. The molecule has 0 aromatic heterocycles. The number of hydrogen-bond acceptors (Lipinski definition) is 3. The lowest BCUT2D eigenvalue weighted by molar-refractivity contribution is -0.159. The van der Waals surface area contributed by atoms with Crippen LogP contribution >= 0.6 is 15.9 Å². The van der Waals surface area contributed by atoms with Gasteiger partial charge in [0.1, 0.15) is 5.60 Å². The van der Waals surface area contributed by atoms with Gasteiger partial charge >= 0.3 is 5.97 Å². The van der Waals surface area contributed by atoms with Crippen molar-refractivity contribution in [1.82, 2.24) is 10.2 Å². The van der Waals surface area contributed by atoms with E-state index in [-0.39, 0.29) is 11.9 Å². The second-order valence-electron chi connectivity index (χ2n) is 5.88. The highest BCUT2D eigenvalue weighted by Gasteiger charge is 2.33. The number of carbonyl (C=O) groups excluding carboxylic acids is 1. The van der Waals surface area contributed by atoms with E-state index in [1.54, 1.807) is 7.05 Å². The summed E-state index contributed by atoms with van der Waals surface area (Å²) in [6, 6.07) is 0. The first kappa shape index (κ1) is 17.0. The van der Waals surface area contributed by atoms with Crippen LogP contribution in [0, 0.1) is 5.92 Å². The van der Waals surface area contributed by atoms with Gasteiger partial charge in [0.2, 0.25) is 0 Å². The minimum absolute atomic E-state index is 0.0834. The second kappa shape index (κ2) is 7.11. The molecule has 1 aliphatic rings. The van der Waals surface area contributed by atoms with E-state index in [4.69, 9.17) is 4.74 Å². The number of nitrogens with one attached hydrogen (secondary N) is 1. The van der Waals surface area contributed by atoms with Crippen LogP contribution in [0.2, 0.25) is 0 Å². The van der Waals surface area contributed by atoms with Crippen LogP contribution < -0.4 is 5.32 Å². The maximum atomic E-state index is 12.1. The van der Waals surface area contributed by atoms with Gasteiger partial charge in [-0.15, -0.1) is 0 Å². The molecule has 0 radical (unpaired) electrons.